The van der Waals surface area contributed by atoms with Gasteiger partial charge in [0.15, 0.2) is 0 Å². The van der Waals surface area contributed by atoms with Crippen molar-refractivity contribution >= 4 is 12.1 Å². The van der Waals surface area contributed by atoms with Crippen LogP contribution in [0.15, 0.2) is 0 Å². The van der Waals surface area contributed by atoms with Gasteiger partial charge >= 0.3 is 12.1 Å². The molecule has 90 valence electrons. The van der Waals surface area contributed by atoms with Crippen LogP contribution in [0, 0.1) is 0 Å². The van der Waals surface area contributed by atoms with E-state index in [1.807, 2.05) is 13.8 Å². The quantitative estimate of drug-likeness (QED) is 0.685. The zero-order chi connectivity index (χ0) is 12.0. The molecule has 0 aromatic heterocycles. The van der Waals surface area contributed by atoms with Gasteiger partial charge in [-0.3, -0.25) is 0 Å². The molecule has 0 aromatic carbocycles. The number of hydrogen-bond donors (Lipinski definition) is 0. The summed E-state index contributed by atoms with van der Waals surface area (Å²) in [5.74, 6) is 0. The predicted molar refractivity (Wildman–Crippen MR) is 58.7 cm³/mol. The SMILES string of the molecule is CCN1C(=O)N(C)C2C1N(CC)C(=O)N2C. The number of amides is 4. The van der Waals surface area contributed by atoms with E-state index in [-0.39, 0.29) is 24.4 Å². The fraction of sp³-hybridized carbons (Fsp3) is 0.800. The van der Waals surface area contributed by atoms with E-state index in [0.29, 0.717) is 13.1 Å². The molecule has 0 atom stereocenters. The maximum absolute atomic E-state index is 12.0. The Morgan fingerprint density at radius 2 is 1.25 bits per heavy atom. The molecule has 2 aliphatic heterocycles. The Morgan fingerprint density at radius 3 is 1.56 bits per heavy atom. The van der Waals surface area contributed by atoms with E-state index in [4.69, 9.17) is 0 Å². The summed E-state index contributed by atoms with van der Waals surface area (Å²) >= 11 is 0. The first-order chi connectivity index (χ1) is 7.54. The van der Waals surface area contributed by atoms with Crippen LogP contribution in [0.4, 0.5) is 9.59 Å². The van der Waals surface area contributed by atoms with Crippen molar-refractivity contribution in [3.05, 3.63) is 0 Å². The molecule has 2 heterocycles. The Bertz CT molecular complexity index is 303. The van der Waals surface area contributed by atoms with Gasteiger partial charge in [0.05, 0.1) is 0 Å². The summed E-state index contributed by atoms with van der Waals surface area (Å²) in [5, 5.41) is 0. The van der Waals surface area contributed by atoms with Crippen molar-refractivity contribution in [3.8, 4) is 0 Å². The molecule has 0 saturated carbocycles. The van der Waals surface area contributed by atoms with Crippen LogP contribution < -0.4 is 0 Å². The Balaban J connectivity index is 2.38. The lowest BCUT2D eigenvalue weighted by Crippen LogP contribution is -2.46. The van der Waals surface area contributed by atoms with Gasteiger partial charge < -0.3 is 19.6 Å². The highest BCUT2D eigenvalue weighted by molar-refractivity contribution is 5.84. The molecule has 2 rings (SSSR count). The van der Waals surface area contributed by atoms with Crippen LogP contribution >= 0.6 is 0 Å². The molecular weight excluding hydrogens is 208 g/mol. The molecule has 2 saturated heterocycles. The summed E-state index contributed by atoms with van der Waals surface area (Å²) in [6.45, 7) is 5.12. The van der Waals surface area contributed by atoms with Gasteiger partial charge in [0.1, 0.15) is 12.3 Å². The molecule has 0 unspecified atom stereocenters. The summed E-state index contributed by atoms with van der Waals surface area (Å²) in [6.07, 6.45) is -0.287. The first-order valence-electron chi connectivity index (χ1n) is 5.61. The maximum Gasteiger partial charge on any atom is 0.323 e. The van der Waals surface area contributed by atoms with E-state index >= 15 is 0 Å². The minimum absolute atomic E-state index is 0.00435. The molecule has 0 N–H and O–H groups in total. The van der Waals surface area contributed by atoms with Gasteiger partial charge in [-0.2, -0.15) is 0 Å². The summed E-state index contributed by atoms with van der Waals surface area (Å²) in [4.78, 5) is 30.7. The van der Waals surface area contributed by atoms with Crippen LogP contribution in [0.1, 0.15) is 13.8 Å². The zero-order valence-electron chi connectivity index (χ0n) is 10.2. The average molecular weight is 226 g/mol. The summed E-state index contributed by atoms with van der Waals surface area (Å²) < 4.78 is 0. The van der Waals surface area contributed by atoms with Gasteiger partial charge in [-0.1, -0.05) is 0 Å². The molecule has 4 amide bonds. The van der Waals surface area contributed by atoms with Crippen molar-refractivity contribution in [2.24, 2.45) is 0 Å². The molecule has 6 nitrogen and oxygen atoms in total. The standard InChI is InChI=1S/C10H18N4O2/c1-5-13-8-7(11(3)9(13)15)12(4)10(16)14(8)6-2/h7-8H,5-6H2,1-4H3. The highest BCUT2D eigenvalue weighted by Crippen LogP contribution is 2.32. The van der Waals surface area contributed by atoms with Gasteiger partial charge in [-0.25, -0.2) is 9.59 Å². The fourth-order valence-electron chi connectivity index (χ4n) is 2.65. The van der Waals surface area contributed by atoms with Crippen LogP contribution in [0.3, 0.4) is 0 Å². The molecule has 2 fully saturated rings. The number of urea groups is 2. The lowest BCUT2D eigenvalue weighted by Gasteiger charge is -2.27. The number of hydrogen-bond acceptors (Lipinski definition) is 2. The summed E-state index contributed by atoms with van der Waals surface area (Å²) in [7, 11) is 3.50. The average Bonchev–Trinajstić information content (AvgIpc) is 2.65. The second kappa shape index (κ2) is 3.54. The Hall–Kier alpha value is -1.46. The van der Waals surface area contributed by atoms with Crippen molar-refractivity contribution < 1.29 is 9.59 Å². The van der Waals surface area contributed by atoms with Crippen molar-refractivity contribution in [3.63, 3.8) is 0 Å². The second-order valence-corrected chi connectivity index (χ2v) is 4.19. The second-order valence-electron chi connectivity index (χ2n) is 4.19. The zero-order valence-corrected chi connectivity index (χ0v) is 10.2. The monoisotopic (exact) mass is 226 g/mol. The van der Waals surface area contributed by atoms with Gasteiger partial charge in [-0.15, -0.1) is 0 Å². The number of fused-ring (bicyclic) bond motifs is 1. The van der Waals surface area contributed by atoms with Gasteiger partial charge in [-0.05, 0) is 13.8 Å². The van der Waals surface area contributed by atoms with Crippen molar-refractivity contribution in [2.45, 2.75) is 26.2 Å². The number of nitrogens with zero attached hydrogens (tertiary/aromatic N) is 4. The fourth-order valence-corrected chi connectivity index (χ4v) is 2.65. The van der Waals surface area contributed by atoms with E-state index < -0.39 is 0 Å². The summed E-state index contributed by atoms with van der Waals surface area (Å²) in [6, 6.07) is -0.00870. The minimum atomic E-state index is -0.153. The van der Waals surface area contributed by atoms with Crippen LogP contribution in [-0.4, -0.2) is 71.2 Å². The Kier molecular flexibility index (Phi) is 2.44. The van der Waals surface area contributed by atoms with Crippen LogP contribution in [0.2, 0.25) is 0 Å². The first-order valence-corrected chi connectivity index (χ1v) is 5.61. The third-order valence-corrected chi connectivity index (χ3v) is 3.48. The number of carbonyl (C=O) groups is 2. The highest BCUT2D eigenvalue weighted by atomic mass is 16.2. The molecule has 0 aromatic rings. The summed E-state index contributed by atoms with van der Waals surface area (Å²) in [5.41, 5.74) is 0. The maximum atomic E-state index is 12.0. The normalized spacial score (nSPS) is 29.5. The van der Waals surface area contributed by atoms with E-state index in [9.17, 15) is 9.59 Å². The first kappa shape index (κ1) is 11.0. The lowest BCUT2D eigenvalue weighted by molar-refractivity contribution is 0.136. The molecule has 0 spiro atoms. The third kappa shape index (κ3) is 1.12. The predicted octanol–water partition coefficient (Wildman–Crippen LogP) is 0.413. The topological polar surface area (TPSA) is 47.1 Å². The molecule has 2 aliphatic rings. The van der Waals surface area contributed by atoms with E-state index in [2.05, 4.69) is 0 Å². The lowest BCUT2D eigenvalue weighted by atomic mass is 10.3. The smallest absolute Gasteiger partial charge is 0.303 e. The Labute approximate surface area is 95.4 Å². The Morgan fingerprint density at radius 1 is 0.875 bits per heavy atom. The van der Waals surface area contributed by atoms with Gasteiger partial charge in [0.2, 0.25) is 0 Å². The van der Waals surface area contributed by atoms with E-state index in [0.717, 1.165) is 0 Å². The molecular formula is C10H18N4O2. The molecule has 0 aliphatic carbocycles. The van der Waals surface area contributed by atoms with Gasteiger partial charge in [0.25, 0.3) is 0 Å². The minimum Gasteiger partial charge on any atom is -0.303 e. The van der Waals surface area contributed by atoms with Gasteiger partial charge in [0, 0.05) is 27.2 Å². The molecule has 0 bridgehead atoms. The van der Waals surface area contributed by atoms with Crippen LogP contribution in [0.25, 0.3) is 0 Å². The van der Waals surface area contributed by atoms with Crippen molar-refractivity contribution in [1.29, 1.82) is 0 Å². The number of rotatable bonds is 2. The highest BCUT2D eigenvalue weighted by Gasteiger charge is 2.55. The molecule has 16 heavy (non-hydrogen) atoms. The molecule has 0 radical (unpaired) electrons. The van der Waals surface area contributed by atoms with E-state index in [1.165, 1.54) is 0 Å². The van der Waals surface area contributed by atoms with Crippen LogP contribution in [0.5, 0.6) is 0 Å². The van der Waals surface area contributed by atoms with Crippen molar-refractivity contribution in [2.75, 3.05) is 27.2 Å². The van der Waals surface area contributed by atoms with E-state index in [1.54, 1.807) is 33.7 Å². The number of likely N-dealkylation sites (N-methyl/N-ethyl adjacent to an activating group) is 4. The molecule has 6 heteroatoms. The van der Waals surface area contributed by atoms with Crippen LogP contribution in [-0.2, 0) is 0 Å². The number of carbonyl (C=O) groups excluding carboxylic acids is 2. The van der Waals surface area contributed by atoms with Crippen molar-refractivity contribution in [1.82, 2.24) is 19.6 Å². The third-order valence-electron chi connectivity index (χ3n) is 3.48. The largest absolute Gasteiger partial charge is 0.323 e.